The quantitative estimate of drug-likeness (QED) is 0.598. The molecule has 0 amide bonds. The van der Waals surface area contributed by atoms with Crippen LogP contribution in [0.2, 0.25) is 0 Å². The third-order valence-corrected chi connectivity index (χ3v) is 1.73. The van der Waals surface area contributed by atoms with Crippen molar-refractivity contribution < 1.29 is 19.1 Å². The first-order chi connectivity index (χ1) is 6.24. The number of rotatable bonds is 4. The molecule has 0 bridgehead atoms. The lowest BCUT2D eigenvalue weighted by atomic mass is 10.2. The first kappa shape index (κ1) is 9.98. The van der Waals surface area contributed by atoms with E-state index in [9.17, 15) is 9.59 Å². The van der Waals surface area contributed by atoms with Crippen molar-refractivity contribution in [3.05, 3.63) is 0 Å². The van der Waals surface area contributed by atoms with Crippen molar-refractivity contribution in [1.29, 1.82) is 0 Å². The first-order valence-corrected chi connectivity index (χ1v) is 4.29. The van der Waals surface area contributed by atoms with Crippen molar-refractivity contribution in [2.24, 2.45) is 0 Å². The molecule has 0 aromatic rings. The van der Waals surface area contributed by atoms with E-state index in [1.165, 1.54) is 0 Å². The molecule has 1 unspecified atom stereocenters. The fourth-order valence-electron chi connectivity index (χ4n) is 1.10. The molecule has 0 aromatic heterocycles. The highest BCUT2D eigenvalue weighted by Gasteiger charge is 2.26. The van der Waals surface area contributed by atoms with Crippen molar-refractivity contribution in [1.82, 2.24) is 5.32 Å². The fourth-order valence-corrected chi connectivity index (χ4v) is 1.10. The SMILES string of the molecule is CCOC(=O)CNC1CCOC1=O. The van der Waals surface area contributed by atoms with Crippen molar-refractivity contribution in [3.63, 3.8) is 0 Å². The Morgan fingerprint density at radius 3 is 3.08 bits per heavy atom. The van der Waals surface area contributed by atoms with E-state index in [-0.39, 0.29) is 24.5 Å². The molecule has 1 heterocycles. The Bertz CT molecular complexity index is 204. The molecule has 0 saturated carbocycles. The van der Waals surface area contributed by atoms with Crippen LogP contribution in [0.15, 0.2) is 0 Å². The van der Waals surface area contributed by atoms with E-state index < -0.39 is 0 Å². The van der Waals surface area contributed by atoms with Crippen LogP contribution in [0.3, 0.4) is 0 Å². The van der Waals surface area contributed by atoms with E-state index in [0.717, 1.165) is 0 Å². The predicted molar refractivity (Wildman–Crippen MR) is 44.0 cm³/mol. The summed E-state index contributed by atoms with van der Waals surface area (Å²) in [6.07, 6.45) is 0.623. The predicted octanol–water partition coefficient (Wildman–Crippen LogP) is -0.545. The third kappa shape index (κ3) is 3.02. The minimum Gasteiger partial charge on any atom is -0.465 e. The van der Waals surface area contributed by atoms with Gasteiger partial charge in [-0.15, -0.1) is 0 Å². The van der Waals surface area contributed by atoms with Gasteiger partial charge >= 0.3 is 11.9 Å². The first-order valence-electron chi connectivity index (χ1n) is 4.29. The lowest BCUT2D eigenvalue weighted by Crippen LogP contribution is -2.37. The maximum absolute atomic E-state index is 10.9. The molecule has 1 rings (SSSR count). The van der Waals surface area contributed by atoms with Crippen molar-refractivity contribution in [2.45, 2.75) is 19.4 Å². The third-order valence-electron chi connectivity index (χ3n) is 1.73. The number of carbonyl (C=O) groups is 2. The Labute approximate surface area is 76.4 Å². The zero-order valence-electron chi connectivity index (χ0n) is 7.54. The van der Waals surface area contributed by atoms with Gasteiger partial charge in [-0.05, 0) is 6.92 Å². The fraction of sp³-hybridized carbons (Fsp3) is 0.750. The average molecular weight is 187 g/mol. The second-order valence-corrected chi connectivity index (χ2v) is 2.69. The second kappa shape index (κ2) is 4.81. The number of cyclic esters (lactones) is 1. The Hall–Kier alpha value is -1.10. The highest BCUT2D eigenvalue weighted by Crippen LogP contribution is 2.04. The van der Waals surface area contributed by atoms with Gasteiger partial charge in [-0.25, -0.2) is 0 Å². The molecule has 74 valence electrons. The lowest BCUT2D eigenvalue weighted by molar-refractivity contribution is -0.142. The number of nitrogens with one attached hydrogen (secondary N) is 1. The van der Waals surface area contributed by atoms with E-state index >= 15 is 0 Å². The van der Waals surface area contributed by atoms with E-state index in [0.29, 0.717) is 19.6 Å². The minimum atomic E-state index is -0.345. The van der Waals surface area contributed by atoms with Crippen molar-refractivity contribution in [3.8, 4) is 0 Å². The van der Waals surface area contributed by atoms with Crippen molar-refractivity contribution >= 4 is 11.9 Å². The van der Waals surface area contributed by atoms with E-state index in [1.54, 1.807) is 6.92 Å². The van der Waals surface area contributed by atoms with Crippen LogP contribution >= 0.6 is 0 Å². The molecule has 1 atom stereocenters. The largest absolute Gasteiger partial charge is 0.465 e. The van der Waals surface area contributed by atoms with Gasteiger partial charge in [0.15, 0.2) is 0 Å². The van der Waals surface area contributed by atoms with Gasteiger partial charge < -0.3 is 9.47 Å². The van der Waals surface area contributed by atoms with Gasteiger partial charge in [-0.1, -0.05) is 0 Å². The number of hydrogen-bond donors (Lipinski definition) is 1. The average Bonchev–Trinajstić information content (AvgIpc) is 2.48. The zero-order chi connectivity index (χ0) is 9.68. The molecule has 0 radical (unpaired) electrons. The molecule has 0 aliphatic carbocycles. The van der Waals surface area contributed by atoms with Crippen molar-refractivity contribution in [2.75, 3.05) is 19.8 Å². The highest BCUT2D eigenvalue weighted by atomic mass is 16.5. The Morgan fingerprint density at radius 1 is 1.77 bits per heavy atom. The summed E-state index contributed by atoms with van der Waals surface area (Å²) in [6, 6.07) is -0.343. The van der Waals surface area contributed by atoms with Gasteiger partial charge in [0.25, 0.3) is 0 Å². The summed E-state index contributed by atoms with van der Waals surface area (Å²) in [5.41, 5.74) is 0. The van der Waals surface area contributed by atoms with Gasteiger partial charge in [0.05, 0.1) is 19.8 Å². The minimum absolute atomic E-state index is 0.0631. The zero-order valence-corrected chi connectivity index (χ0v) is 7.54. The molecule has 1 aliphatic heterocycles. The molecular formula is C8H13NO4. The molecule has 1 saturated heterocycles. The van der Waals surface area contributed by atoms with E-state index in [1.807, 2.05) is 0 Å². The van der Waals surface area contributed by atoms with Crippen LogP contribution in [0.25, 0.3) is 0 Å². The molecule has 1 aliphatic rings. The van der Waals surface area contributed by atoms with Crippen LogP contribution in [0.4, 0.5) is 0 Å². The maximum Gasteiger partial charge on any atom is 0.323 e. The van der Waals surface area contributed by atoms with Crippen LogP contribution in [0.5, 0.6) is 0 Å². The van der Waals surface area contributed by atoms with Gasteiger partial charge in [0.2, 0.25) is 0 Å². The van der Waals surface area contributed by atoms with Crippen LogP contribution < -0.4 is 5.32 Å². The number of hydrogen-bond acceptors (Lipinski definition) is 5. The van der Waals surface area contributed by atoms with Crippen LogP contribution in [-0.4, -0.2) is 37.7 Å². The summed E-state index contributed by atoms with van der Waals surface area (Å²) in [5, 5.41) is 2.77. The molecule has 0 aromatic carbocycles. The van der Waals surface area contributed by atoms with E-state index in [2.05, 4.69) is 10.1 Å². The van der Waals surface area contributed by atoms with Gasteiger partial charge in [0, 0.05) is 6.42 Å². The Morgan fingerprint density at radius 2 is 2.54 bits per heavy atom. The Balaban J connectivity index is 2.18. The summed E-state index contributed by atoms with van der Waals surface area (Å²) < 4.78 is 9.39. The van der Waals surface area contributed by atoms with Gasteiger partial charge in [-0.3, -0.25) is 14.9 Å². The van der Waals surface area contributed by atoms with Gasteiger partial charge in [0.1, 0.15) is 6.04 Å². The monoisotopic (exact) mass is 187 g/mol. The molecule has 13 heavy (non-hydrogen) atoms. The smallest absolute Gasteiger partial charge is 0.323 e. The summed E-state index contributed by atoms with van der Waals surface area (Å²) in [5.74, 6) is -0.633. The second-order valence-electron chi connectivity index (χ2n) is 2.69. The molecule has 1 fully saturated rings. The maximum atomic E-state index is 10.9. The number of ether oxygens (including phenoxy) is 2. The van der Waals surface area contributed by atoms with Crippen LogP contribution in [-0.2, 0) is 19.1 Å². The van der Waals surface area contributed by atoms with Crippen LogP contribution in [0.1, 0.15) is 13.3 Å². The highest BCUT2D eigenvalue weighted by molar-refractivity contribution is 5.79. The molecule has 1 N–H and O–H groups in total. The summed E-state index contributed by atoms with van der Waals surface area (Å²) in [7, 11) is 0. The summed E-state index contributed by atoms with van der Waals surface area (Å²) in [4.78, 5) is 21.8. The number of carbonyl (C=O) groups excluding carboxylic acids is 2. The normalized spacial score (nSPS) is 21.3. The topological polar surface area (TPSA) is 64.6 Å². The molecule has 5 heteroatoms. The lowest BCUT2D eigenvalue weighted by Gasteiger charge is -2.07. The molecule has 0 spiro atoms. The van der Waals surface area contributed by atoms with E-state index in [4.69, 9.17) is 4.74 Å². The molecule has 5 nitrogen and oxygen atoms in total. The standard InChI is InChI=1S/C8H13NO4/c1-2-12-7(10)5-9-6-3-4-13-8(6)11/h6,9H,2-5H2,1H3. The van der Waals surface area contributed by atoms with Crippen LogP contribution in [0, 0.1) is 0 Å². The number of esters is 2. The Kier molecular flexibility index (Phi) is 3.70. The summed E-state index contributed by atoms with van der Waals surface area (Å²) in [6.45, 7) is 2.59. The summed E-state index contributed by atoms with van der Waals surface area (Å²) >= 11 is 0. The van der Waals surface area contributed by atoms with Gasteiger partial charge in [-0.2, -0.15) is 0 Å². The molecular weight excluding hydrogens is 174 g/mol.